The van der Waals surface area contributed by atoms with Gasteiger partial charge in [-0.2, -0.15) is 11.8 Å². The number of thioether (sulfide) groups is 1. The molecule has 0 spiro atoms. The van der Waals surface area contributed by atoms with Crippen molar-refractivity contribution in [3.05, 3.63) is 34.3 Å². The number of hydrogen-bond donors (Lipinski definition) is 1. The van der Waals surface area contributed by atoms with Crippen LogP contribution in [0.25, 0.3) is 0 Å². The lowest BCUT2D eigenvalue weighted by Gasteiger charge is -2.16. The van der Waals surface area contributed by atoms with Crippen molar-refractivity contribution in [3.8, 4) is 0 Å². The number of nitrogens with one attached hydrogen (secondary N) is 1. The van der Waals surface area contributed by atoms with E-state index in [2.05, 4.69) is 64.2 Å². The summed E-state index contributed by atoms with van der Waals surface area (Å²) in [6.45, 7) is 3.44. The van der Waals surface area contributed by atoms with Gasteiger partial charge in [0.05, 0.1) is 0 Å². The van der Waals surface area contributed by atoms with Crippen molar-refractivity contribution in [2.24, 2.45) is 5.92 Å². The van der Waals surface area contributed by atoms with Crippen LogP contribution in [-0.4, -0.2) is 18.1 Å². The highest BCUT2D eigenvalue weighted by Gasteiger charge is 2.17. The van der Waals surface area contributed by atoms with E-state index in [1.165, 1.54) is 21.5 Å². The molecule has 1 aromatic carbocycles. The third-order valence-electron chi connectivity index (χ3n) is 2.65. The van der Waals surface area contributed by atoms with Crippen LogP contribution >= 0.6 is 27.7 Å². The Bertz CT molecular complexity index is 329. The van der Waals surface area contributed by atoms with E-state index in [1.807, 2.05) is 0 Å². The van der Waals surface area contributed by atoms with Crippen molar-refractivity contribution < 1.29 is 0 Å². The van der Waals surface area contributed by atoms with Gasteiger partial charge < -0.3 is 5.32 Å². The Morgan fingerprint density at radius 3 is 3.07 bits per heavy atom. The molecule has 2 unspecified atom stereocenters. The van der Waals surface area contributed by atoms with Crippen LogP contribution in [0.4, 0.5) is 0 Å². The second kappa shape index (κ2) is 5.37. The average Bonchev–Trinajstić information content (AvgIpc) is 2.43. The minimum Gasteiger partial charge on any atom is -0.309 e. The fourth-order valence-corrected chi connectivity index (χ4v) is 3.41. The zero-order valence-corrected chi connectivity index (χ0v) is 11.3. The van der Waals surface area contributed by atoms with Crippen molar-refractivity contribution in [1.29, 1.82) is 0 Å². The third kappa shape index (κ3) is 3.23. The number of halogens is 1. The van der Waals surface area contributed by atoms with Crippen LogP contribution in [0.3, 0.4) is 0 Å². The van der Waals surface area contributed by atoms with E-state index in [0.717, 1.165) is 12.5 Å². The van der Waals surface area contributed by atoms with Gasteiger partial charge in [0.15, 0.2) is 0 Å². The van der Waals surface area contributed by atoms with Gasteiger partial charge in [0.2, 0.25) is 0 Å². The summed E-state index contributed by atoms with van der Waals surface area (Å²) in [7, 11) is 0. The zero-order valence-electron chi connectivity index (χ0n) is 8.87. The summed E-state index contributed by atoms with van der Waals surface area (Å²) >= 11 is 5.58. The van der Waals surface area contributed by atoms with Crippen molar-refractivity contribution in [3.63, 3.8) is 0 Å². The summed E-state index contributed by atoms with van der Waals surface area (Å²) in [6, 6.07) is 9.13. The van der Waals surface area contributed by atoms with E-state index < -0.39 is 0 Å². The molecule has 2 atom stereocenters. The molecule has 3 heteroatoms. The van der Waals surface area contributed by atoms with Gasteiger partial charge in [0.1, 0.15) is 0 Å². The molecule has 1 saturated heterocycles. The largest absolute Gasteiger partial charge is 0.309 e. The summed E-state index contributed by atoms with van der Waals surface area (Å²) in [4.78, 5) is 0. The molecule has 1 aliphatic rings. The van der Waals surface area contributed by atoms with E-state index >= 15 is 0 Å². The molecule has 1 nitrogen and oxygen atoms in total. The van der Waals surface area contributed by atoms with E-state index in [9.17, 15) is 0 Å². The molecule has 0 amide bonds. The SMILES string of the molecule is CC1CNC(c2cccc(Br)c2)CSC1. The van der Waals surface area contributed by atoms with Gasteiger partial charge in [0, 0.05) is 16.3 Å². The van der Waals surface area contributed by atoms with Crippen molar-refractivity contribution >= 4 is 27.7 Å². The van der Waals surface area contributed by atoms with Gasteiger partial charge in [-0.15, -0.1) is 0 Å². The quantitative estimate of drug-likeness (QED) is 0.848. The molecule has 82 valence electrons. The molecule has 1 fully saturated rings. The average molecular weight is 286 g/mol. The highest BCUT2D eigenvalue weighted by Crippen LogP contribution is 2.25. The Morgan fingerprint density at radius 2 is 2.27 bits per heavy atom. The Kier molecular flexibility index (Phi) is 4.12. The first-order valence-corrected chi connectivity index (χ1v) is 7.27. The molecule has 15 heavy (non-hydrogen) atoms. The highest BCUT2D eigenvalue weighted by molar-refractivity contribution is 9.10. The first-order valence-electron chi connectivity index (χ1n) is 5.32. The predicted molar refractivity (Wildman–Crippen MR) is 71.4 cm³/mol. The van der Waals surface area contributed by atoms with E-state index in [4.69, 9.17) is 0 Å². The Hall–Kier alpha value is 0.01000. The van der Waals surface area contributed by atoms with E-state index in [0.29, 0.717) is 6.04 Å². The van der Waals surface area contributed by atoms with Crippen LogP contribution in [0.5, 0.6) is 0 Å². The maximum absolute atomic E-state index is 3.63. The van der Waals surface area contributed by atoms with Gasteiger partial charge >= 0.3 is 0 Å². The fraction of sp³-hybridized carbons (Fsp3) is 0.500. The smallest absolute Gasteiger partial charge is 0.0412 e. The third-order valence-corrected chi connectivity index (χ3v) is 4.52. The fourth-order valence-electron chi connectivity index (χ4n) is 1.79. The predicted octanol–water partition coefficient (Wildman–Crippen LogP) is 3.46. The number of rotatable bonds is 1. The van der Waals surface area contributed by atoms with Gasteiger partial charge in [-0.1, -0.05) is 35.0 Å². The van der Waals surface area contributed by atoms with Crippen molar-refractivity contribution in [1.82, 2.24) is 5.32 Å². The van der Waals surface area contributed by atoms with Crippen LogP contribution in [0, 0.1) is 5.92 Å². The maximum Gasteiger partial charge on any atom is 0.0412 e. The van der Waals surface area contributed by atoms with E-state index in [1.54, 1.807) is 0 Å². The molecular weight excluding hydrogens is 270 g/mol. The molecular formula is C12H16BrNS. The molecule has 0 saturated carbocycles. The second-order valence-corrected chi connectivity index (χ2v) is 6.15. The normalized spacial score (nSPS) is 27.3. The molecule has 0 bridgehead atoms. The Balaban J connectivity index is 2.09. The Labute approximate surface area is 104 Å². The van der Waals surface area contributed by atoms with Crippen molar-refractivity contribution in [2.45, 2.75) is 13.0 Å². The van der Waals surface area contributed by atoms with Gasteiger partial charge in [-0.25, -0.2) is 0 Å². The Morgan fingerprint density at radius 1 is 1.40 bits per heavy atom. The van der Waals surface area contributed by atoms with Gasteiger partial charge in [0.25, 0.3) is 0 Å². The van der Waals surface area contributed by atoms with Crippen molar-refractivity contribution in [2.75, 3.05) is 18.1 Å². The summed E-state index contributed by atoms with van der Waals surface area (Å²) in [6.07, 6.45) is 0. The molecule has 1 aliphatic heterocycles. The van der Waals surface area contributed by atoms with Crippen LogP contribution in [-0.2, 0) is 0 Å². The van der Waals surface area contributed by atoms with Crippen LogP contribution < -0.4 is 5.32 Å². The van der Waals surface area contributed by atoms with Crippen LogP contribution in [0.2, 0.25) is 0 Å². The number of hydrogen-bond acceptors (Lipinski definition) is 2. The molecule has 0 aliphatic carbocycles. The standard InChI is InChI=1S/C12H16BrNS/c1-9-6-14-12(8-15-7-9)10-3-2-4-11(13)5-10/h2-5,9,12,14H,6-8H2,1H3. The van der Waals surface area contributed by atoms with E-state index in [-0.39, 0.29) is 0 Å². The molecule has 2 rings (SSSR count). The summed E-state index contributed by atoms with van der Waals surface area (Å²) in [5.74, 6) is 3.24. The van der Waals surface area contributed by atoms with Crippen LogP contribution in [0.1, 0.15) is 18.5 Å². The number of benzene rings is 1. The molecule has 1 heterocycles. The first-order chi connectivity index (χ1) is 7.25. The minimum absolute atomic E-state index is 0.512. The lowest BCUT2D eigenvalue weighted by molar-refractivity contribution is 0.517. The summed E-state index contributed by atoms with van der Waals surface area (Å²) in [5, 5.41) is 3.63. The highest BCUT2D eigenvalue weighted by atomic mass is 79.9. The molecule has 0 radical (unpaired) electrons. The van der Waals surface area contributed by atoms with Gasteiger partial charge in [-0.05, 0) is 35.9 Å². The maximum atomic E-state index is 3.63. The topological polar surface area (TPSA) is 12.0 Å². The summed E-state index contributed by atoms with van der Waals surface area (Å²) < 4.78 is 1.17. The molecule has 1 N–H and O–H groups in total. The van der Waals surface area contributed by atoms with Gasteiger partial charge in [-0.3, -0.25) is 0 Å². The zero-order chi connectivity index (χ0) is 10.7. The van der Waals surface area contributed by atoms with Crippen LogP contribution in [0.15, 0.2) is 28.7 Å². The monoisotopic (exact) mass is 285 g/mol. The summed E-state index contributed by atoms with van der Waals surface area (Å²) in [5.41, 5.74) is 1.39. The lowest BCUT2D eigenvalue weighted by Crippen LogP contribution is -2.25. The second-order valence-electron chi connectivity index (χ2n) is 4.16. The molecule has 0 aromatic heterocycles. The minimum atomic E-state index is 0.512. The molecule has 1 aromatic rings. The first kappa shape index (κ1) is 11.5. The lowest BCUT2D eigenvalue weighted by atomic mass is 10.1.